The third-order valence-electron chi connectivity index (χ3n) is 6.87. The van der Waals surface area contributed by atoms with Crippen molar-refractivity contribution in [1.29, 1.82) is 0 Å². The minimum atomic E-state index is -0.886. The van der Waals surface area contributed by atoms with E-state index in [1.165, 1.54) is 17.0 Å². The average molecular weight is 466 g/mol. The molecule has 1 aliphatic carbocycles. The van der Waals surface area contributed by atoms with Crippen LogP contribution in [0.5, 0.6) is 0 Å². The highest BCUT2D eigenvalue weighted by Crippen LogP contribution is 2.36. The van der Waals surface area contributed by atoms with E-state index >= 15 is 0 Å². The highest BCUT2D eigenvalue weighted by Gasteiger charge is 2.36. The van der Waals surface area contributed by atoms with Crippen LogP contribution in [0.4, 0.5) is 9.18 Å². The van der Waals surface area contributed by atoms with Gasteiger partial charge in [-0.05, 0) is 67.0 Å². The van der Waals surface area contributed by atoms with Gasteiger partial charge < -0.3 is 19.7 Å². The van der Waals surface area contributed by atoms with Gasteiger partial charge in [-0.3, -0.25) is 4.79 Å². The number of piperidine rings is 1. The van der Waals surface area contributed by atoms with E-state index in [4.69, 9.17) is 9.40 Å². The Morgan fingerprint density at radius 2 is 1.88 bits per heavy atom. The Kier molecular flexibility index (Phi) is 5.75. The van der Waals surface area contributed by atoms with Gasteiger partial charge in [0.15, 0.2) is 11.5 Å². The molecule has 8 heteroatoms. The molecule has 1 saturated heterocycles. The van der Waals surface area contributed by atoms with Gasteiger partial charge in [0.05, 0.1) is 5.56 Å². The van der Waals surface area contributed by atoms with Gasteiger partial charge in [0.1, 0.15) is 11.3 Å². The quantitative estimate of drug-likeness (QED) is 0.525. The molecular formula is C26H28FN3O4. The lowest BCUT2D eigenvalue weighted by Crippen LogP contribution is -2.47. The zero-order valence-electron chi connectivity index (χ0n) is 19.3. The number of carbonyl (C=O) groups excluding carboxylic acids is 1. The Morgan fingerprint density at radius 3 is 2.56 bits per heavy atom. The van der Waals surface area contributed by atoms with E-state index in [1.807, 2.05) is 32.0 Å². The number of oxazole rings is 1. The Balaban J connectivity index is 1.37. The number of amides is 2. The lowest BCUT2D eigenvalue weighted by molar-refractivity contribution is 0.0794. The van der Waals surface area contributed by atoms with E-state index in [0.717, 1.165) is 18.4 Å². The molecule has 178 valence electrons. The molecule has 0 radical (unpaired) electrons. The lowest BCUT2D eigenvalue weighted by Gasteiger charge is -2.39. The number of hydrogen-bond donors (Lipinski definition) is 2. The third kappa shape index (κ3) is 4.36. The van der Waals surface area contributed by atoms with Crippen molar-refractivity contribution in [3.63, 3.8) is 0 Å². The third-order valence-corrected chi connectivity index (χ3v) is 6.87. The fraction of sp³-hybridized carbons (Fsp3) is 0.423. The number of likely N-dealkylation sites (tertiary alicyclic amines) is 1. The summed E-state index contributed by atoms with van der Waals surface area (Å²) in [5.41, 5.74) is 2.79. The molecule has 1 aromatic heterocycles. The molecule has 2 unspecified atom stereocenters. The standard InChI is InChI=1S/C26H28FN3O4/c1-14(2)22-13-17(9-10-30(22)26(32)33)25-29-21-12-16(4-8-23(21)34-25)15-3-7-19(20(27)11-15)24(31)28-18-5-6-18/h3-4,7-8,11-12,14,17-18,22H,5-6,9-10,13H2,1-2H3,(H,28,31)(H,32,33). The molecule has 3 aromatic rings. The second-order valence-corrected chi connectivity index (χ2v) is 9.69. The summed E-state index contributed by atoms with van der Waals surface area (Å²) in [5, 5.41) is 12.3. The number of nitrogens with one attached hydrogen (secondary N) is 1. The average Bonchev–Trinajstić information content (AvgIpc) is 3.52. The summed E-state index contributed by atoms with van der Waals surface area (Å²) in [6, 6.07) is 10.2. The Labute approximate surface area is 197 Å². The highest BCUT2D eigenvalue weighted by molar-refractivity contribution is 5.95. The van der Waals surface area contributed by atoms with Crippen molar-refractivity contribution < 1.29 is 23.5 Å². The molecule has 5 rings (SSSR count). The van der Waals surface area contributed by atoms with E-state index in [0.29, 0.717) is 41.9 Å². The molecule has 2 atom stereocenters. The lowest BCUT2D eigenvalue weighted by atomic mass is 9.85. The van der Waals surface area contributed by atoms with E-state index in [-0.39, 0.29) is 35.4 Å². The Hall–Kier alpha value is -3.42. The van der Waals surface area contributed by atoms with Crippen molar-refractivity contribution in [2.24, 2.45) is 5.92 Å². The van der Waals surface area contributed by atoms with Gasteiger partial charge in [-0.2, -0.15) is 0 Å². The summed E-state index contributed by atoms with van der Waals surface area (Å²) in [5.74, 6) is -0.0842. The van der Waals surface area contributed by atoms with Crippen LogP contribution in [0.25, 0.3) is 22.2 Å². The van der Waals surface area contributed by atoms with Gasteiger partial charge in [0.2, 0.25) is 0 Å². The summed E-state index contributed by atoms with van der Waals surface area (Å²) in [4.78, 5) is 30.0. The normalized spacial score (nSPS) is 20.6. The van der Waals surface area contributed by atoms with Gasteiger partial charge in [-0.1, -0.05) is 26.0 Å². The van der Waals surface area contributed by atoms with Crippen LogP contribution in [-0.2, 0) is 0 Å². The van der Waals surface area contributed by atoms with E-state index in [1.54, 1.807) is 6.07 Å². The zero-order valence-corrected chi connectivity index (χ0v) is 19.3. The predicted octanol–water partition coefficient (Wildman–Crippen LogP) is 5.41. The van der Waals surface area contributed by atoms with Crippen molar-refractivity contribution in [3.05, 3.63) is 53.7 Å². The number of carboxylic acid groups (broad SMARTS) is 1. The number of aromatic nitrogens is 1. The fourth-order valence-electron chi connectivity index (χ4n) is 4.76. The number of fused-ring (bicyclic) bond motifs is 1. The van der Waals surface area contributed by atoms with Crippen molar-refractivity contribution in [3.8, 4) is 11.1 Å². The van der Waals surface area contributed by atoms with Crippen molar-refractivity contribution in [1.82, 2.24) is 15.2 Å². The van der Waals surface area contributed by atoms with Gasteiger partial charge >= 0.3 is 6.09 Å². The summed E-state index contributed by atoms with van der Waals surface area (Å²) < 4.78 is 20.7. The summed E-state index contributed by atoms with van der Waals surface area (Å²) in [6.45, 7) is 4.51. The predicted molar refractivity (Wildman–Crippen MR) is 125 cm³/mol. The minimum Gasteiger partial charge on any atom is -0.465 e. The molecule has 7 nitrogen and oxygen atoms in total. The van der Waals surface area contributed by atoms with Crippen molar-refractivity contribution in [2.45, 2.75) is 57.5 Å². The molecule has 2 amide bonds. The molecule has 1 saturated carbocycles. The van der Waals surface area contributed by atoms with Gasteiger partial charge in [-0.25, -0.2) is 14.2 Å². The number of hydrogen-bond acceptors (Lipinski definition) is 4. The van der Waals surface area contributed by atoms with Crippen LogP contribution in [0.15, 0.2) is 40.8 Å². The first-order valence-electron chi connectivity index (χ1n) is 11.8. The number of benzene rings is 2. The van der Waals surface area contributed by atoms with Crippen molar-refractivity contribution >= 4 is 23.1 Å². The number of rotatable bonds is 5. The summed E-state index contributed by atoms with van der Waals surface area (Å²) in [6.07, 6.45) is 2.33. The summed E-state index contributed by atoms with van der Waals surface area (Å²) in [7, 11) is 0. The molecule has 34 heavy (non-hydrogen) atoms. The van der Waals surface area contributed by atoms with E-state index < -0.39 is 11.9 Å². The maximum Gasteiger partial charge on any atom is 0.407 e. The molecule has 2 N–H and O–H groups in total. The fourth-order valence-corrected chi connectivity index (χ4v) is 4.76. The molecule has 2 aliphatic rings. The van der Waals surface area contributed by atoms with E-state index in [2.05, 4.69) is 5.32 Å². The molecular weight excluding hydrogens is 437 g/mol. The number of carbonyl (C=O) groups is 2. The second kappa shape index (κ2) is 8.74. The largest absolute Gasteiger partial charge is 0.465 e. The molecule has 1 aliphatic heterocycles. The minimum absolute atomic E-state index is 0.0422. The first-order chi connectivity index (χ1) is 16.3. The highest BCUT2D eigenvalue weighted by atomic mass is 19.1. The van der Waals surface area contributed by atoms with Gasteiger partial charge in [0.25, 0.3) is 5.91 Å². The first kappa shape index (κ1) is 22.4. The smallest absolute Gasteiger partial charge is 0.407 e. The van der Waals surface area contributed by atoms with E-state index in [9.17, 15) is 19.1 Å². The molecule has 2 aromatic carbocycles. The molecule has 0 bridgehead atoms. The maximum absolute atomic E-state index is 14.7. The summed E-state index contributed by atoms with van der Waals surface area (Å²) >= 11 is 0. The molecule has 0 spiro atoms. The SMILES string of the molecule is CC(C)C1CC(c2nc3cc(-c4ccc(C(=O)NC5CC5)c(F)c4)ccc3o2)CCN1C(=O)O. The Bertz CT molecular complexity index is 1250. The topological polar surface area (TPSA) is 95.7 Å². The van der Waals surface area contributed by atoms with Crippen LogP contribution in [0.2, 0.25) is 0 Å². The molecule has 2 heterocycles. The van der Waals surface area contributed by atoms with Crippen LogP contribution >= 0.6 is 0 Å². The van der Waals surface area contributed by atoms with Crippen LogP contribution < -0.4 is 5.32 Å². The van der Waals surface area contributed by atoms with Gasteiger partial charge in [-0.15, -0.1) is 0 Å². The van der Waals surface area contributed by atoms with Crippen LogP contribution in [-0.4, -0.2) is 45.6 Å². The van der Waals surface area contributed by atoms with Crippen molar-refractivity contribution in [2.75, 3.05) is 6.54 Å². The second-order valence-electron chi connectivity index (χ2n) is 9.69. The number of nitrogens with zero attached hydrogens (tertiary/aromatic N) is 2. The number of halogens is 1. The van der Waals surface area contributed by atoms with Gasteiger partial charge in [0, 0.05) is 24.5 Å². The van der Waals surface area contributed by atoms with Crippen LogP contribution in [0, 0.1) is 11.7 Å². The maximum atomic E-state index is 14.7. The molecule has 2 fully saturated rings. The monoisotopic (exact) mass is 465 g/mol. The van der Waals surface area contributed by atoms with Crippen LogP contribution in [0.3, 0.4) is 0 Å². The first-order valence-corrected chi connectivity index (χ1v) is 11.8. The van der Waals surface area contributed by atoms with Crippen LogP contribution in [0.1, 0.15) is 61.7 Å². The Morgan fingerprint density at radius 1 is 1.15 bits per heavy atom. The zero-order chi connectivity index (χ0) is 24.0.